The smallest absolute Gasteiger partial charge is 0.406 e. The van der Waals surface area contributed by atoms with Gasteiger partial charge in [0, 0.05) is 19.1 Å². The van der Waals surface area contributed by atoms with Crippen LogP contribution in [0.4, 0.5) is 13.2 Å². The molecule has 2 saturated heterocycles. The minimum Gasteiger partial charge on any atom is -0.406 e. The summed E-state index contributed by atoms with van der Waals surface area (Å²) in [6, 6.07) is 6.44. The van der Waals surface area contributed by atoms with Crippen LogP contribution >= 0.6 is 12.4 Å². The van der Waals surface area contributed by atoms with Gasteiger partial charge in [0.1, 0.15) is 5.75 Å². The third-order valence-electron chi connectivity index (χ3n) is 4.94. The van der Waals surface area contributed by atoms with Crippen molar-refractivity contribution < 1.29 is 17.9 Å². The monoisotopic (exact) mass is 350 g/mol. The molecular formula is C16H22ClF3N2O. The van der Waals surface area contributed by atoms with Gasteiger partial charge in [0.2, 0.25) is 0 Å². The van der Waals surface area contributed by atoms with Crippen molar-refractivity contribution in [1.82, 2.24) is 10.2 Å². The second-order valence-electron chi connectivity index (χ2n) is 6.44. The number of nitrogens with zero attached hydrogens (tertiary/aromatic N) is 1. The van der Waals surface area contributed by atoms with E-state index in [2.05, 4.69) is 21.9 Å². The van der Waals surface area contributed by atoms with Crippen LogP contribution in [0.2, 0.25) is 0 Å². The van der Waals surface area contributed by atoms with E-state index in [4.69, 9.17) is 0 Å². The number of rotatable bonds is 3. The Bertz CT molecular complexity index is 515. The number of hydrogen-bond acceptors (Lipinski definition) is 3. The predicted molar refractivity (Wildman–Crippen MR) is 84.9 cm³/mol. The minimum atomic E-state index is -4.63. The molecule has 1 aromatic rings. The van der Waals surface area contributed by atoms with Crippen LogP contribution in [0.25, 0.3) is 0 Å². The Morgan fingerprint density at radius 3 is 2.48 bits per heavy atom. The summed E-state index contributed by atoms with van der Waals surface area (Å²) in [5, 5.41) is 3.43. The van der Waals surface area contributed by atoms with E-state index in [-0.39, 0.29) is 24.2 Å². The molecule has 2 heterocycles. The molecule has 2 fully saturated rings. The van der Waals surface area contributed by atoms with Crippen LogP contribution in [0.15, 0.2) is 24.3 Å². The van der Waals surface area contributed by atoms with Gasteiger partial charge in [-0.2, -0.15) is 0 Å². The molecule has 2 unspecified atom stereocenters. The lowest BCUT2D eigenvalue weighted by atomic mass is 9.86. The molecule has 2 aliphatic heterocycles. The van der Waals surface area contributed by atoms with E-state index < -0.39 is 6.36 Å². The molecule has 2 atom stereocenters. The Labute approximate surface area is 140 Å². The Hall–Kier alpha value is -0.980. The van der Waals surface area contributed by atoms with E-state index in [0.717, 1.165) is 31.7 Å². The van der Waals surface area contributed by atoms with Crippen molar-refractivity contribution in [1.29, 1.82) is 0 Å². The molecule has 2 aliphatic rings. The minimum absolute atomic E-state index is 0. The molecule has 7 heteroatoms. The van der Waals surface area contributed by atoms with E-state index in [1.807, 2.05) is 0 Å². The molecule has 1 aromatic carbocycles. The first-order valence-corrected chi connectivity index (χ1v) is 7.67. The van der Waals surface area contributed by atoms with Crippen molar-refractivity contribution >= 4 is 12.4 Å². The third-order valence-corrected chi connectivity index (χ3v) is 4.94. The van der Waals surface area contributed by atoms with Gasteiger partial charge in [0.25, 0.3) is 0 Å². The fourth-order valence-electron chi connectivity index (χ4n) is 3.60. The first-order valence-electron chi connectivity index (χ1n) is 7.67. The van der Waals surface area contributed by atoms with Crippen molar-refractivity contribution in [2.75, 3.05) is 26.2 Å². The quantitative estimate of drug-likeness (QED) is 0.898. The molecule has 0 saturated carbocycles. The zero-order chi connectivity index (χ0) is 15.8. The highest BCUT2D eigenvalue weighted by atomic mass is 35.5. The summed E-state index contributed by atoms with van der Waals surface area (Å²) in [5.41, 5.74) is 1.42. The predicted octanol–water partition coefficient (Wildman–Crippen LogP) is 3.75. The van der Waals surface area contributed by atoms with Crippen LogP contribution in [0.5, 0.6) is 5.75 Å². The van der Waals surface area contributed by atoms with Gasteiger partial charge in [-0.1, -0.05) is 12.1 Å². The average molecular weight is 351 g/mol. The molecule has 23 heavy (non-hydrogen) atoms. The number of likely N-dealkylation sites (tertiary alicyclic amines) is 1. The van der Waals surface area contributed by atoms with Crippen molar-refractivity contribution in [2.24, 2.45) is 5.41 Å². The zero-order valence-electron chi connectivity index (χ0n) is 13.0. The number of alkyl halides is 3. The maximum absolute atomic E-state index is 12.2. The van der Waals surface area contributed by atoms with E-state index >= 15 is 0 Å². The van der Waals surface area contributed by atoms with Gasteiger partial charge in [-0.3, -0.25) is 4.90 Å². The Morgan fingerprint density at radius 2 is 1.91 bits per heavy atom. The van der Waals surface area contributed by atoms with E-state index in [1.54, 1.807) is 12.1 Å². The van der Waals surface area contributed by atoms with Crippen LogP contribution in [0, 0.1) is 5.41 Å². The summed E-state index contributed by atoms with van der Waals surface area (Å²) in [4.78, 5) is 2.42. The highest BCUT2D eigenvalue weighted by Gasteiger charge is 2.41. The fraction of sp³-hybridized carbons (Fsp3) is 0.625. The largest absolute Gasteiger partial charge is 0.573 e. The molecule has 0 radical (unpaired) electrons. The lowest BCUT2D eigenvalue weighted by molar-refractivity contribution is -0.274. The molecule has 1 spiro atoms. The van der Waals surface area contributed by atoms with E-state index in [0.29, 0.717) is 5.41 Å². The standard InChI is InChI=1S/C16H21F3N2O.ClH/c1-12(21-9-7-15(11-21)6-8-20-10-15)13-2-4-14(5-3-13)22-16(17,18)19;/h2-5,12,20H,6-11H2,1H3;1H. The highest BCUT2D eigenvalue weighted by molar-refractivity contribution is 5.85. The number of halogens is 4. The SMILES string of the molecule is CC(c1ccc(OC(F)(F)F)cc1)N1CCC2(CCNC2)C1.Cl. The van der Waals surface area contributed by atoms with Gasteiger partial charge >= 0.3 is 6.36 Å². The maximum atomic E-state index is 12.2. The molecular weight excluding hydrogens is 329 g/mol. The highest BCUT2D eigenvalue weighted by Crippen LogP contribution is 2.39. The van der Waals surface area contributed by atoms with Crippen LogP contribution in [0.1, 0.15) is 31.4 Å². The number of hydrogen-bond donors (Lipinski definition) is 1. The summed E-state index contributed by atoms with van der Waals surface area (Å²) in [5.74, 6) is -0.165. The van der Waals surface area contributed by atoms with Gasteiger partial charge in [0.15, 0.2) is 0 Å². The van der Waals surface area contributed by atoms with Gasteiger partial charge in [0.05, 0.1) is 0 Å². The Kier molecular flexibility index (Phi) is 5.48. The molecule has 0 aliphatic carbocycles. The third kappa shape index (κ3) is 4.31. The molecule has 0 amide bonds. The molecule has 0 aromatic heterocycles. The van der Waals surface area contributed by atoms with E-state index in [9.17, 15) is 13.2 Å². The second kappa shape index (κ2) is 6.87. The number of ether oxygens (including phenoxy) is 1. The molecule has 1 N–H and O–H groups in total. The van der Waals surface area contributed by atoms with E-state index in [1.165, 1.54) is 25.0 Å². The van der Waals surface area contributed by atoms with Crippen LogP contribution in [-0.2, 0) is 0 Å². The van der Waals surface area contributed by atoms with Crippen LogP contribution in [-0.4, -0.2) is 37.4 Å². The molecule has 130 valence electrons. The fourth-order valence-corrected chi connectivity index (χ4v) is 3.60. The van der Waals surface area contributed by atoms with Gasteiger partial charge in [-0.15, -0.1) is 25.6 Å². The Balaban J connectivity index is 0.00000192. The summed E-state index contributed by atoms with van der Waals surface area (Å²) in [7, 11) is 0. The zero-order valence-corrected chi connectivity index (χ0v) is 13.8. The second-order valence-corrected chi connectivity index (χ2v) is 6.44. The normalized spacial score (nSPS) is 26.3. The summed E-state index contributed by atoms with van der Waals surface area (Å²) < 4.78 is 40.5. The summed E-state index contributed by atoms with van der Waals surface area (Å²) in [6.45, 7) is 6.38. The van der Waals surface area contributed by atoms with Crippen molar-refractivity contribution in [3.63, 3.8) is 0 Å². The summed E-state index contributed by atoms with van der Waals surface area (Å²) >= 11 is 0. The average Bonchev–Trinajstić information content (AvgIpc) is 3.08. The lowest BCUT2D eigenvalue weighted by Gasteiger charge is -2.28. The topological polar surface area (TPSA) is 24.5 Å². The molecule has 0 bridgehead atoms. The van der Waals surface area contributed by atoms with Crippen LogP contribution in [0.3, 0.4) is 0 Å². The Morgan fingerprint density at radius 1 is 1.22 bits per heavy atom. The van der Waals surface area contributed by atoms with Crippen molar-refractivity contribution in [3.05, 3.63) is 29.8 Å². The first kappa shape index (κ1) is 18.4. The van der Waals surface area contributed by atoms with Crippen LogP contribution < -0.4 is 10.1 Å². The lowest BCUT2D eigenvalue weighted by Crippen LogP contribution is -2.30. The molecule has 3 nitrogen and oxygen atoms in total. The van der Waals surface area contributed by atoms with Crippen molar-refractivity contribution in [2.45, 2.75) is 32.2 Å². The van der Waals surface area contributed by atoms with Gasteiger partial charge in [-0.25, -0.2) is 0 Å². The van der Waals surface area contributed by atoms with Crippen molar-refractivity contribution in [3.8, 4) is 5.75 Å². The van der Waals surface area contributed by atoms with Gasteiger partial charge in [-0.05, 0) is 56.0 Å². The maximum Gasteiger partial charge on any atom is 0.573 e. The number of benzene rings is 1. The van der Waals surface area contributed by atoms with Gasteiger partial charge < -0.3 is 10.1 Å². The molecule has 3 rings (SSSR count). The number of nitrogens with one attached hydrogen (secondary N) is 1. The first-order chi connectivity index (χ1) is 10.4. The summed E-state index contributed by atoms with van der Waals surface area (Å²) in [6.07, 6.45) is -2.22.